The van der Waals surface area contributed by atoms with Crippen LogP contribution in [-0.4, -0.2) is 15.0 Å². The average Bonchev–Trinajstić information content (AvgIpc) is 3.77. The minimum atomic E-state index is -0.225. The van der Waals surface area contributed by atoms with E-state index in [2.05, 4.69) is 103 Å². The summed E-state index contributed by atoms with van der Waals surface area (Å²) in [6.07, 6.45) is 0. The first-order valence-electron chi connectivity index (χ1n) is 14.9. The van der Waals surface area contributed by atoms with E-state index in [0.29, 0.717) is 17.5 Å². The van der Waals surface area contributed by atoms with Crippen molar-refractivity contribution in [3.8, 4) is 34.2 Å². The molecule has 0 amide bonds. The Morgan fingerprint density at radius 1 is 0.348 bits per heavy atom. The number of fused-ring (bicyclic) bond motifs is 9. The summed E-state index contributed by atoms with van der Waals surface area (Å²) in [4.78, 5) is 15.2. The van der Waals surface area contributed by atoms with Crippen LogP contribution in [0.25, 0.3) is 94.7 Å². The van der Waals surface area contributed by atoms with Crippen molar-refractivity contribution >= 4 is 94.5 Å². The molecular formula is C39H20FN3S3. The van der Waals surface area contributed by atoms with Gasteiger partial charge in [-0.2, -0.15) is 0 Å². The summed E-state index contributed by atoms with van der Waals surface area (Å²) in [7, 11) is 0. The third kappa shape index (κ3) is 4.09. The first-order chi connectivity index (χ1) is 22.6. The largest absolute Gasteiger partial charge is 0.208 e. The summed E-state index contributed by atoms with van der Waals surface area (Å²) in [5.41, 5.74) is 2.80. The van der Waals surface area contributed by atoms with E-state index in [1.54, 1.807) is 40.1 Å². The molecular weight excluding hydrogens is 626 g/mol. The molecule has 0 N–H and O–H groups in total. The van der Waals surface area contributed by atoms with Gasteiger partial charge in [-0.3, -0.25) is 0 Å². The van der Waals surface area contributed by atoms with Gasteiger partial charge in [0.15, 0.2) is 17.5 Å². The SMILES string of the molecule is Fc1ccc2c(c1)sc1cc(-c3nc(-c4ccc5c(c4)sc4ccccc45)nc(-c4ccc5c(c4)sc4ccccc45)n3)ccc12. The predicted molar refractivity (Wildman–Crippen MR) is 195 cm³/mol. The quantitative estimate of drug-likeness (QED) is 0.192. The molecule has 3 nitrogen and oxygen atoms in total. The van der Waals surface area contributed by atoms with Crippen LogP contribution < -0.4 is 0 Å². The Morgan fingerprint density at radius 3 is 1.15 bits per heavy atom. The van der Waals surface area contributed by atoms with Crippen LogP contribution in [0.3, 0.4) is 0 Å². The second-order valence-electron chi connectivity index (χ2n) is 11.4. The maximum absolute atomic E-state index is 14.0. The fourth-order valence-electron chi connectivity index (χ4n) is 6.38. The van der Waals surface area contributed by atoms with E-state index >= 15 is 0 Å². The van der Waals surface area contributed by atoms with Crippen LogP contribution in [0.2, 0.25) is 0 Å². The van der Waals surface area contributed by atoms with Crippen LogP contribution in [0.1, 0.15) is 0 Å². The molecule has 7 heteroatoms. The molecule has 0 unspecified atom stereocenters. The topological polar surface area (TPSA) is 38.7 Å². The number of hydrogen-bond acceptors (Lipinski definition) is 6. The van der Waals surface area contributed by atoms with Gasteiger partial charge in [-0.25, -0.2) is 19.3 Å². The van der Waals surface area contributed by atoms with Crippen LogP contribution >= 0.6 is 34.0 Å². The number of nitrogens with zero attached hydrogens (tertiary/aromatic N) is 3. The normalized spacial score (nSPS) is 12.0. The van der Waals surface area contributed by atoms with Gasteiger partial charge in [-0.1, -0.05) is 78.9 Å². The van der Waals surface area contributed by atoms with Crippen molar-refractivity contribution in [2.75, 3.05) is 0 Å². The summed E-state index contributed by atoms with van der Waals surface area (Å²) >= 11 is 5.15. The van der Waals surface area contributed by atoms with Crippen molar-refractivity contribution < 1.29 is 4.39 Å². The van der Waals surface area contributed by atoms with Gasteiger partial charge in [-0.15, -0.1) is 34.0 Å². The second-order valence-corrected chi connectivity index (χ2v) is 14.6. The number of aromatic nitrogens is 3. The average molecular weight is 646 g/mol. The minimum Gasteiger partial charge on any atom is -0.208 e. The van der Waals surface area contributed by atoms with Crippen molar-refractivity contribution in [2.45, 2.75) is 0 Å². The van der Waals surface area contributed by atoms with Crippen LogP contribution in [0, 0.1) is 5.82 Å². The maximum Gasteiger partial charge on any atom is 0.164 e. The first kappa shape index (κ1) is 26.2. The second kappa shape index (κ2) is 9.96. The molecule has 0 aliphatic rings. The summed E-state index contributed by atoms with van der Waals surface area (Å²) in [6, 6.07) is 41.3. The summed E-state index contributed by atoms with van der Waals surface area (Å²) in [5.74, 6) is 1.65. The number of rotatable bonds is 3. The van der Waals surface area contributed by atoms with E-state index in [-0.39, 0.29) is 5.82 Å². The number of thiophene rings is 3. The molecule has 0 fully saturated rings. The summed E-state index contributed by atoms with van der Waals surface area (Å²) in [6.45, 7) is 0. The lowest BCUT2D eigenvalue weighted by molar-refractivity contribution is 0.630. The molecule has 10 aromatic rings. The van der Waals surface area contributed by atoms with Gasteiger partial charge in [0, 0.05) is 77.2 Å². The molecule has 0 saturated carbocycles. The highest BCUT2D eigenvalue weighted by Gasteiger charge is 2.16. The van der Waals surface area contributed by atoms with E-state index in [4.69, 9.17) is 15.0 Å². The fraction of sp³-hybridized carbons (Fsp3) is 0. The number of benzene rings is 6. The summed E-state index contributed by atoms with van der Waals surface area (Å²) in [5, 5.41) is 7.15. The molecule has 0 aliphatic carbocycles. The molecule has 0 spiro atoms. The monoisotopic (exact) mass is 645 g/mol. The zero-order chi connectivity index (χ0) is 30.4. The highest BCUT2D eigenvalue weighted by Crippen LogP contribution is 2.40. The maximum atomic E-state index is 14.0. The van der Waals surface area contributed by atoms with Crippen molar-refractivity contribution in [3.63, 3.8) is 0 Å². The van der Waals surface area contributed by atoms with Gasteiger partial charge in [0.2, 0.25) is 0 Å². The van der Waals surface area contributed by atoms with Crippen molar-refractivity contribution in [1.29, 1.82) is 0 Å². The van der Waals surface area contributed by atoms with E-state index < -0.39 is 0 Å². The first-order valence-corrected chi connectivity index (χ1v) is 17.3. The Bertz CT molecular complexity index is 2710. The van der Waals surface area contributed by atoms with E-state index in [9.17, 15) is 4.39 Å². The molecule has 4 heterocycles. The van der Waals surface area contributed by atoms with Crippen LogP contribution in [0.4, 0.5) is 4.39 Å². The molecule has 4 aromatic heterocycles. The third-order valence-electron chi connectivity index (χ3n) is 8.60. The van der Waals surface area contributed by atoms with Gasteiger partial charge in [0.05, 0.1) is 0 Å². The minimum absolute atomic E-state index is 0.225. The molecule has 0 radical (unpaired) electrons. The molecule has 6 aromatic carbocycles. The van der Waals surface area contributed by atoms with Crippen LogP contribution in [0.15, 0.2) is 121 Å². The van der Waals surface area contributed by atoms with Crippen LogP contribution in [-0.2, 0) is 0 Å². The van der Waals surface area contributed by atoms with Gasteiger partial charge >= 0.3 is 0 Å². The molecule has 0 saturated heterocycles. The van der Waals surface area contributed by atoms with E-state index in [0.717, 1.165) is 36.9 Å². The van der Waals surface area contributed by atoms with E-state index in [1.807, 2.05) is 6.07 Å². The Morgan fingerprint density at radius 2 is 0.696 bits per heavy atom. The number of hydrogen-bond donors (Lipinski definition) is 0. The Hall–Kier alpha value is -5.08. The third-order valence-corrected chi connectivity index (χ3v) is 12.0. The Balaban J connectivity index is 1.18. The van der Waals surface area contributed by atoms with Gasteiger partial charge in [-0.05, 0) is 42.5 Å². The Labute approximate surface area is 273 Å². The van der Waals surface area contributed by atoms with Gasteiger partial charge in [0.25, 0.3) is 0 Å². The standard InChI is InChI=1S/C39H20FN3S3/c40-24-12-16-30-29-15-11-23(19-35(29)46-36(30)20-24)39-42-37(21-9-13-27-25-5-1-3-7-31(25)44-33(27)17-21)41-38(43-39)22-10-14-28-26-6-2-4-8-32(26)45-34(28)18-22/h1-20H. The molecule has 0 aliphatic heterocycles. The fourth-order valence-corrected chi connectivity index (χ4v) is 9.84. The van der Waals surface area contributed by atoms with Crippen molar-refractivity contribution in [2.24, 2.45) is 0 Å². The predicted octanol–water partition coefficient (Wildman–Crippen LogP) is 12.1. The smallest absolute Gasteiger partial charge is 0.164 e. The molecule has 46 heavy (non-hydrogen) atoms. The zero-order valence-electron chi connectivity index (χ0n) is 24.0. The van der Waals surface area contributed by atoms with Crippen molar-refractivity contribution in [1.82, 2.24) is 15.0 Å². The van der Waals surface area contributed by atoms with Gasteiger partial charge < -0.3 is 0 Å². The summed E-state index contributed by atoms with van der Waals surface area (Å²) < 4.78 is 20.9. The van der Waals surface area contributed by atoms with Crippen LogP contribution in [0.5, 0.6) is 0 Å². The van der Waals surface area contributed by atoms with Gasteiger partial charge in [0.1, 0.15) is 5.82 Å². The lowest BCUT2D eigenvalue weighted by Crippen LogP contribution is -2.00. The lowest BCUT2D eigenvalue weighted by atomic mass is 10.1. The van der Waals surface area contributed by atoms with E-state index in [1.165, 1.54) is 46.4 Å². The molecule has 216 valence electrons. The number of halogens is 1. The molecule has 0 atom stereocenters. The lowest BCUT2D eigenvalue weighted by Gasteiger charge is -2.09. The Kier molecular flexibility index (Phi) is 5.67. The highest BCUT2D eigenvalue weighted by atomic mass is 32.1. The zero-order valence-corrected chi connectivity index (χ0v) is 26.4. The molecule has 10 rings (SSSR count). The highest BCUT2D eigenvalue weighted by molar-refractivity contribution is 7.26. The molecule has 0 bridgehead atoms. The van der Waals surface area contributed by atoms with Crippen molar-refractivity contribution in [3.05, 3.63) is 127 Å².